The summed E-state index contributed by atoms with van der Waals surface area (Å²) >= 11 is 0. The largest absolute Gasteiger partial charge is 0.468 e. The monoisotopic (exact) mass is 291 g/mol. The number of methoxy groups -OCH3 is 1. The van der Waals surface area contributed by atoms with E-state index in [4.69, 9.17) is 9.47 Å². The molecule has 1 aromatic carbocycles. The zero-order chi connectivity index (χ0) is 14.7. The number of hydrogen-bond donors (Lipinski definition) is 1. The molecule has 0 radical (unpaired) electrons. The lowest BCUT2D eigenvalue weighted by atomic mass is 9.89. The Bertz CT molecular complexity index is 477. The Balaban J connectivity index is 1.65. The molecule has 1 aliphatic carbocycles. The van der Waals surface area contributed by atoms with Crippen LogP contribution in [0.5, 0.6) is 5.75 Å². The van der Waals surface area contributed by atoms with Crippen LogP contribution in [0.3, 0.4) is 0 Å². The number of nitrogens with zero attached hydrogens (tertiary/aromatic N) is 1. The summed E-state index contributed by atoms with van der Waals surface area (Å²) in [5.41, 5.74) is 2.78. The molecule has 116 valence electrons. The van der Waals surface area contributed by atoms with Gasteiger partial charge in [-0.05, 0) is 55.4 Å². The van der Waals surface area contributed by atoms with Crippen LogP contribution in [0, 0.1) is 0 Å². The van der Waals surface area contributed by atoms with Gasteiger partial charge in [-0.3, -0.25) is 4.90 Å². The molecular formula is C17H25NO3. The number of aliphatic hydroxyl groups is 1. The van der Waals surface area contributed by atoms with Crippen molar-refractivity contribution in [1.82, 2.24) is 4.90 Å². The maximum Gasteiger partial charge on any atom is 0.188 e. The van der Waals surface area contributed by atoms with Gasteiger partial charge < -0.3 is 14.6 Å². The summed E-state index contributed by atoms with van der Waals surface area (Å²) in [6.45, 7) is 2.38. The van der Waals surface area contributed by atoms with Crippen molar-refractivity contribution in [2.24, 2.45) is 0 Å². The summed E-state index contributed by atoms with van der Waals surface area (Å²) in [5, 5.41) is 9.87. The Morgan fingerprint density at radius 2 is 2.19 bits per heavy atom. The summed E-state index contributed by atoms with van der Waals surface area (Å²) in [4.78, 5) is 2.54. The first-order chi connectivity index (χ1) is 10.3. The quantitative estimate of drug-likeness (QED) is 0.865. The maximum atomic E-state index is 9.87. The van der Waals surface area contributed by atoms with Gasteiger partial charge >= 0.3 is 0 Å². The van der Waals surface area contributed by atoms with E-state index < -0.39 is 0 Å². The first kappa shape index (κ1) is 14.8. The highest BCUT2D eigenvalue weighted by Crippen LogP contribution is 2.29. The number of aliphatic hydroxyl groups excluding tert-OH is 1. The molecule has 0 aromatic heterocycles. The first-order valence-corrected chi connectivity index (χ1v) is 7.92. The molecule has 2 unspecified atom stereocenters. The number of benzene rings is 1. The minimum Gasteiger partial charge on any atom is -0.468 e. The van der Waals surface area contributed by atoms with Crippen molar-refractivity contribution in [2.45, 2.75) is 50.8 Å². The number of rotatable bonds is 4. The highest BCUT2D eigenvalue weighted by molar-refractivity contribution is 5.37. The molecule has 3 rings (SSSR count). The molecule has 1 N–H and O–H groups in total. The molecule has 0 saturated heterocycles. The van der Waals surface area contributed by atoms with Gasteiger partial charge in [-0.2, -0.15) is 0 Å². The predicted octanol–water partition coefficient (Wildman–Crippen LogP) is 2.33. The van der Waals surface area contributed by atoms with Crippen molar-refractivity contribution in [3.05, 3.63) is 29.3 Å². The minimum absolute atomic E-state index is 0.102. The van der Waals surface area contributed by atoms with Crippen LogP contribution < -0.4 is 4.74 Å². The van der Waals surface area contributed by atoms with Crippen molar-refractivity contribution in [1.29, 1.82) is 0 Å². The SMILES string of the molecule is COCOc1ccc2c(c1)CCN(C1CCCC(O)C1)C2. The van der Waals surface area contributed by atoms with Crippen LogP contribution in [-0.2, 0) is 17.7 Å². The molecule has 0 amide bonds. The van der Waals surface area contributed by atoms with E-state index in [-0.39, 0.29) is 6.10 Å². The fourth-order valence-corrected chi connectivity index (χ4v) is 3.55. The van der Waals surface area contributed by atoms with Gasteiger partial charge in [-0.15, -0.1) is 0 Å². The lowest BCUT2D eigenvalue weighted by Crippen LogP contribution is -2.42. The van der Waals surface area contributed by atoms with Crippen LogP contribution in [-0.4, -0.2) is 42.6 Å². The third-order valence-electron chi connectivity index (χ3n) is 4.70. The average Bonchev–Trinajstić information content (AvgIpc) is 2.52. The highest BCUT2D eigenvalue weighted by atomic mass is 16.7. The lowest BCUT2D eigenvalue weighted by Gasteiger charge is -2.39. The Kier molecular flexibility index (Phi) is 4.78. The van der Waals surface area contributed by atoms with Gasteiger partial charge in [0.2, 0.25) is 0 Å². The molecule has 1 fully saturated rings. The number of ether oxygens (including phenoxy) is 2. The van der Waals surface area contributed by atoms with Crippen molar-refractivity contribution in [3.8, 4) is 5.75 Å². The normalized spacial score (nSPS) is 26.4. The fraction of sp³-hybridized carbons (Fsp3) is 0.647. The summed E-state index contributed by atoms with van der Waals surface area (Å²) in [5.74, 6) is 0.886. The van der Waals surface area contributed by atoms with Crippen LogP contribution in [0.2, 0.25) is 0 Å². The Morgan fingerprint density at radius 3 is 3.00 bits per heavy atom. The minimum atomic E-state index is -0.102. The van der Waals surface area contributed by atoms with Crippen molar-refractivity contribution in [2.75, 3.05) is 20.4 Å². The fourth-order valence-electron chi connectivity index (χ4n) is 3.55. The van der Waals surface area contributed by atoms with E-state index >= 15 is 0 Å². The smallest absolute Gasteiger partial charge is 0.188 e. The van der Waals surface area contributed by atoms with E-state index in [0.717, 1.165) is 44.5 Å². The molecule has 1 heterocycles. The molecule has 4 nitrogen and oxygen atoms in total. The lowest BCUT2D eigenvalue weighted by molar-refractivity contribution is 0.0503. The molecule has 1 aromatic rings. The van der Waals surface area contributed by atoms with Gasteiger partial charge in [0.05, 0.1) is 6.10 Å². The van der Waals surface area contributed by atoms with Crippen molar-refractivity contribution < 1.29 is 14.6 Å². The van der Waals surface area contributed by atoms with E-state index in [1.165, 1.54) is 17.5 Å². The second-order valence-corrected chi connectivity index (χ2v) is 6.18. The Hall–Kier alpha value is -1.10. The molecule has 0 bridgehead atoms. The van der Waals surface area contributed by atoms with Gasteiger partial charge in [0.25, 0.3) is 0 Å². The highest BCUT2D eigenvalue weighted by Gasteiger charge is 2.28. The van der Waals surface area contributed by atoms with Crippen molar-refractivity contribution >= 4 is 0 Å². The summed E-state index contributed by atoms with van der Waals surface area (Å²) < 4.78 is 10.5. The predicted molar refractivity (Wildman–Crippen MR) is 81.3 cm³/mol. The van der Waals surface area contributed by atoms with E-state index in [0.29, 0.717) is 12.8 Å². The summed E-state index contributed by atoms with van der Waals surface area (Å²) in [6.07, 6.45) is 5.24. The third-order valence-corrected chi connectivity index (χ3v) is 4.70. The van der Waals surface area contributed by atoms with E-state index in [9.17, 15) is 5.11 Å². The van der Waals surface area contributed by atoms with E-state index in [2.05, 4.69) is 17.0 Å². The average molecular weight is 291 g/mol. The number of fused-ring (bicyclic) bond motifs is 1. The van der Waals surface area contributed by atoms with Crippen LogP contribution >= 0.6 is 0 Å². The third kappa shape index (κ3) is 3.57. The molecule has 1 saturated carbocycles. The van der Waals surface area contributed by atoms with Crippen LogP contribution in [0.25, 0.3) is 0 Å². The Labute approximate surface area is 126 Å². The second-order valence-electron chi connectivity index (χ2n) is 6.18. The van der Waals surface area contributed by atoms with Crippen LogP contribution in [0.4, 0.5) is 0 Å². The van der Waals surface area contributed by atoms with Crippen LogP contribution in [0.1, 0.15) is 36.8 Å². The zero-order valence-electron chi connectivity index (χ0n) is 12.8. The van der Waals surface area contributed by atoms with E-state index in [1.54, 1.807) is 7.11 Å². The molecule has 0 spiro atoms. The molecular weight excluding hydrogens is 266 g/mol. The van der Waals surface area contributed by atoms with Gasteiger partial charge in [-0.25, -0.2) is 0 Å². The molecule has 4 heteroatoms. The van der Waals surface area contributed by atoms with Crippen molar-refractivity contribution in [3.63, 3.8) is 0 Å². The zero-order valence-corrected chi connectivity index (χ0v) is 12.8. The topological polar surface area (TPSA) is 41.9 Å². The molecule has 21 heavy (non-hydrogen) atoms. The molecule has 1 aliphatic heterocycles. The van der Waals surface area contributed by atoms with E-state index in [1.807, 2.05) is 6.07 Å². The Morgan fingerprint density at radius 1 is 1.29 bits per heavy atom. The molecule has 2 atom stereocenters. The number of hydrogen-bond acceptors (Lipinski definition) is 4. The van der Waals surface area contributed by atoms with Gasteiger partial charge in [-0.1, -0.05) is 6.07 Å². The summed E-state index contributed by atoms with van der Waals surface area (Å²) in [7, 11) is 1.63. The van der Waals surface area contributed by atoms with Gasteiger partial charge in [0, 0.05) is 26.2 Å². The first-order valence-electron chi connectivity index (χ1n) is 7.92. The molecule has 2 aliphatic rings. The van der Waals surface area contributed by atoms with Crippen LogP contribution in [0.15, 0.2) is 18.2 Å². The maximum absolute atomic E-state index is 9.87. The van der Waals surface area contributed by atoms with Gasteiger partial charge in [0.1, 0.15) is 5.75 Å². The van der Waals surface area contributed by atoms with Gasteiger partial charge in [0.15, 0.2) is 6.79 Å². The standard InChI is InChI=1S/C17H25NO3/c1-20-12-21-17-6-5-14-11-18(8-7-13(14)9-17)15-3-2-4-16(19)10-15/h5-6,9,15-16,19H,2-4,7-8,10-12H2,1H3. The second kappa shape index (κ2) is 6.77. The summed E-state index contributed by atoms with van der Waals surface area (Å²) in [6, 6.07) is 6.89.